The fourth-order valence-electron chi connectivity index (χ4n) is 2.49. The van der Waals surface area contributed by atoms with Gasteiger partial charge in [0.1, 0.15) is 0 Å². The van der Waals surface area contributed by atoms with Gasteiger partial charge in [-0.2, -0.15) is 0 Å². The summed E-state index contributed by atoms with van der Waals surface area (Å²) in [6.45, 7) is 10.1. The zero-order valence-corrected chi connectivity index (χ0v) is 12.2. The number of hydrogen-bond acceptors (Lipinski definition) is 2. The topological polar surface area (TPSA) is 40.5 Å². The molecular formula is C15H23NO2. The van der Waals surface area contributed by atoms with Crippen molar-refractivity contribution >= 4 is 11.7 Å². The molecule has 0 spiro atoms. The van der Waals surface area contributed by atoms with Gasteiger partial charge in [-0.25, -0.2) is 0 Å². The molecule has 0 unspecified atom stereocenters. The first-order valence-electron chi connectivity index (χ1n) is 6.18. The zero-order chi connectivity index (χ0) is 14.1. The number of hydrogen-bond donors (Lipinski definition) is 1. The highest BCUT2D eigenvalue weighted by atomic mass is 16.4. The second kappa shape index (κ2) is 5.01. The van der Waals surface area contributed by atoms with Gasteiger partial charge in [0.25, 0.3) is 0 Å². The molecule has 3 nitrogen and oxygen atoms in total. The number of anilines is 1. The third kappa shape index (κ3) is 3.03. The summed E-state index contributed by atoms with van der Waals surface area (Å²) in [6.07, 6.45) is 0.121. The largest absolute Gasteiger partial charge is 0.481 e. The van der Waals surface area contributed by atoms with E-state index in [1.54, 1.807) is 0 Å². The number of carboxylic acids is 1. The molecular weight excluding hydrogens is 226 g/mol. The SMILES string of the molecule is Cc1cc(C)c(N(C)C(C)(C)CC(=O)O)c(C)c1. The molecule has 0 aliphatic rings. The summed E-state index contributed by atoms with van der Waals surface area (Å²) in [4.78, 5) is 13.0. The minimum atomic E-state index is -0.769. The molecule has 1 aromatic carbocycles. The molecule has 0 amide bonds. The van der Waals surface area contributed by atoms with Gasteiger partial charge < -0.3 is 10.0 Å². The molecule has 0 heterocycles. The van der Waals surface area contributed by atoms with E-state index in [0.29, 0.717) is 0 Å². The first kappa shape index (κ1) is 14.6. The summed E-state index contributed by atoms with van der Waals surface area (Å²) >= 11 is 0. The lowest BCUT2D eigenvalue weighted by Crippen LogP contribution is -2.43. The summed E-state index contributed by atoms with van der Waals surface area (Å²) < 4.78 is 0. The van der Waals surface area contributed by atoms with Gasteiger partial charge in [-0.15, -0.1) is 0 Å². The minimum absolute atomic E-state index is 0.121. The van der Waals surface area contributed by atoms with Crippen LogP contribution in [0, 0.1) is 20.8 Å². The van der Waals surface area contributed by atoms with E-state index in [-0.39, 0.29) is 6.42 Å². The molecule has 0 fully saturated rings. The van der Waals surface area contributed by atoms with Crippen molar-refractivity contribution in [3.8, 4) is 0 Å². The van der Waals surface area contributed by atoms with Crippen molar-refractivity contribution in [2.75, 3.05) is 11.9 Å². The van der Waals surface area contributed by atoms with Crippen LogP contribution in [-0.4, -0.2) is 23.7 Å². The van der Waals surface area contributed by atoms with Crippen molar-refractivity contribution in [1.29, 1.82) is 0 Å². The van der Waals surface area contributed by atoms with Crippen LogP contribution < -0.4 is 4.90 Å². The number of aryl methyl sites for hydroxylation is 3. The molecule has 0 bridgehead atoms. The molecule has 1 aromatic rings. The van der Waals surface area contributed by atoms with Gasteiger partial charge in [0, 0.05) is 18.3 Å². The maximum Gasteiger partial charge on any atom is 0.305 e. The average Bonchev–Trinajstić information content (AvgIpc) is 2.13. The summed E-state index contributed by atoms with van der Waals surface area (Å²) in [7, 11) is 1.97. The first-order chi connectivity index (χ1) is 8.15. The van der Waals surface area contributed by atoms with E-state index in [2.05, 4.69) is 37.8 Å². The fourth-order valence-corrected chi connectivity index (χ4v) is 2.49. The van der Waals surface area contributed by atoms with Crippen molar-refractivity contribution in [3.05, 3.63) is 28.8 Å². The van der Waals surface area contributed by atoms with E-state index < -0.39 is 11.5 Å². The monoisotopic (exact) mass is 249 g/mol. The molecule has 1 rings (SSSR count). The van der Waals surface area contributed by atoms with Gasteiger partial charge in [-0.3, -0.25) is 4.79 Å². The third-order valence-electron chi connectivity index (χ3n) is 3.46. The van der Waals surface area contributed by atoms with Crippen molar-refractivity contribution in [2.45, 2.75) is 46.6 Å². The highest BCUT2D eigenvalue weighted by molar-refractivity contribution is 5.70. The Kier molecular flexibility index (Phi) is 4.05. The summed E-state index contributed by atoms with van der Waals surface area (Å²) in [5, 5.41) is 9.00. The molecule has 0 atom stereocenters. The number of carboxylic acid groups (broad SMARTS) is 1. The van der Waals surface area contributed by atoms with Gasteiger partial charge in [0.15, 0.2) is 0 Å². The van der Waals surface area contributed by atoms with E-state index in [4.69, 9.17) is 5.11 Å². The molecule has 18 heavy (non-hydrogen) atoms. The van der Waals surface area contributed by atoms with Gasteiger partial charge in [0.05, 0.1) is 6.42 Å². The van der Waals surface area contributed by atoms with Crippen LogP contribution in [0.5, 0.6) is 0 Å². The number of aliphatic carboxylic acids is 1. The number of benzene rings is 1. The Balaban J connectivity index is 3.18. The van der Waals surface area contributed by atoms with Gasteiger partial charge >= 0.3 is 5.97 Å². The van der Waals surface area contributed by atoms with Crippen LogP contribution in [0.1, 0.15) is 37.0 Å². The number of carbonyl (C=O) groups is 1. The van der Waals surface area contributed by atoms with Crippen LogP contribution in [-0.2, 0) is 4.79 Å². The highest BCUT2D eigenvalue weighted by Gasteiger charge is 2.28. The summed E-state index contributed by atoms with van der Waals surface area (Å²) in [5.74, 6) is -0.769. The van der Waals surface area contributed by atoms with Crippen LogP contribution in [0.3, 0.4) is 0 Å². The lowest BCUT2D eigenvalue weighted by atomic mass is 9.95. The molecule has 0 radical (unpaired) electrons. The highest BCUT2D eigenvalue weighted by Crippen LogP contribution is 2.31. The number of nitrogens with zero attached hydrogens (tertiary/aromatic N) is 1. The quantitative estimate of drug-likeness (QED) is 0.890. The molecule has 100 valence electrons. The number of rotatable bonds is 4. The molecule has 3 heteroatoms. The van der Waals surface area contributed by atoms with Gasteiger partial charge in [-0.1, -0.05) is 17.7 Å². The molecule has 0 saturated heterocycles. The van der Waals surface area contributed by atoms with E-state index >= 15 is 0 Å². The Bertz CT molecular complexity index is 441. The maximum atomic E-state index is 10.9. The normalized spacial score (nSPS) is 11.4. The maximum absolute atomic E-state index is 10.9. The smallest absolute Gasteiger partial charge is 0.305 e. The van der Waals surface area contributed by atoms with Gasteiger partial charge in [-0.05, 0) is 45.7 Å². The lowest BCUT2D eigenvalue weighted by molar-refractivity contribution is -0.138. The Morgan fingerprint density at radius 3 is 2.06 bits per heavy atom. The predicted molar refractivity (Wildman–Crippen MR) is 75.4 cm³/mol. The predicted octanol–water partition coefficient (Wildman–Crippen LogP) is 3.30. The van der Waals surface area contributed by atoms with Crippen molar-refractivity contribution in [3.63, 3.8) is 0 Å². The van der Waals surface area contributed by atoms with E-state index in [9.17, 15) is 4.79 Å². The Hall–Kier alpha value is -1.51. The standard InChI is InChI=1S/C15H23NO2/c1-10-7-11(2)14(12(3)8-10)16(6)15(4,5)9-13(17)18/h7-8H,9H2,1-6H3,(H,17,18). The first-order valence-corrected chi connectivity index (χ1v) is 6.18. The zero-order valence-electron chi connectivity index (χ0n) is 12.2. The molecule has 0 aromatic heterocycles. The Morgan fingerprint density at radius 1 is 1.22 bits per heavy atom. The molecule has 0 saturated carbocycles. The second-order valence-electron chi connectivity index (χ2n) is 5.69. The summed E-state index contributed by atoms with van der Waals surface area (Å²) in [5.41, 5.74) is 4.34. The van der Waals surface area contributed by atoms with Crippen LogP contribution >= 0.6 is 0 Å². The van der Waals surface area contributed by atoms with E-state index in [0.717, 1.165) is 5.69 Å². The Morgan fingerprint density at radius 2 is 1.67 bits per heavy atom. The van der Waals surface area contributed by atoms with Gasteiger partial charge in [0.2, 0.25) is 0 Å². The van der Waals surface area contributed by atoms with Crippen LogP contribution in [0.25, 0.3) is 0 Å². The fraction of sp³-hybridized carbons (Fsp3) is 0.533. The molecule has 1 N–H and O–H groups in total. The van der Waals surface area contributed by atoms with Crippen molar-refractivity contribution in [2.24, 2.45) is 0 Å². The van der Waals surface area contributed by atoms with Crippen molar-refractivity contribution in [1.82, 2.24) is 0 Å². The van der Waals surface area contributed by atoms with Crippen LogP contribution in [0.2, 0.25) is 0 Å². The molecule has 0 aliphatic carbocycles. The second-order valence-corrected chi connectivity index (χ2v) is 5.69. The molecule has 0 aliphatic heterocycles. The Labute approximate surface area is 109 Å². The summed E-state index contributed by atoms with van der Waals surface area (Å²) in [6, 6.07) is 4.27. The van der Waals surface area contributed by atoms with Crippen LogP contribution in [0.4, 0.5) is 5.69 Å². The minimum Gasteiger partial charge on any atom is -0.481 e. The van der Waals surface area contributed by atoms with Crippen LogP contribution in [0.15, 0.2) is 12.1 Å². The lowest BCUT2D eigenvalue weighted by Gasteiger charge is -2.38. The van der Waals surface area contributed by atoms with E-state index in [1.165, 1.54) is 16.7 Å². The van der Waals surface area contributed by atoms with Crippen molar-refractivity contribution < 1.29 is 9.90 Å². The average molecular weight is 249 g/mol. The van der Waals surface area contributed by atoms with E-state index in [1.807, 2.05) is 20.9 Å². The third-order valence-corrected chi connectivity index (χ3v) is 3.46.